The van der Waals surface area contributed by atoms with Gasteiger partial charge in [-0.15, -0.1) is 0 Å². The van der Waals surface area contributed by atoms with Crippen molar-refractivity contribution >= 4 is 30.5 Å². The molecule has 0 aliphatic rings. The molecular weight excluding hydrogens is 466 g/mol. The maximum atomic E-state index is 14.0. The smallest absolute Gasteiger partial charge is 0.408 e. The number of phenolic OH excluding ortho intramolecular Hbond substituents is 1. The SMILES string of the molecule is CCCC(C)NC(=O)C(c1cccc(O)c1)N(C(=O)C(CS)NC(=O)OC(C)(C)C)C(C)(C)CC. The standard InChI is InChI=1S/C26H43N3O5S/c1-9-12-17(3)27-22(31)21(18-13-11-14-19(30)15-18)29(26(7,8)10-2)23(32)20(16-35)28-24(33)34-25(4,5)6/h11,13-15,17,20-21,30,35H,9-10,12,16H2,1-8H3,(H,27,31)(H,28,33). The number of alkyl carbamates (subject to hydrolysis) is 1. The summed E-state index contributed by atoms with van der Waals surface area (Å²) in [6.07, 6.45) is 1.47. The van der Waals surface area contributed by atoms with Gasteiger partial charge in [0, 0.05) is 17.3 Å². The lowest BCUT2D eigenvalue weighted by atomic mass is 9.92. The number of nitrogens with one attached hydrogen (secondary N) is 2. The monoisotopic (exact) mass is 509 g/mol. The fourth-order valence-corrected chi connectivity index (χ4v) is 3.94. The minimum Gasteiger partial charge on any atom is -0.508 e. The molecule has 35 heavy (non-hydrogen) atoms. The second-order valence-electron chi connectivity index (χ2n) is 10.5. The van der Waals surface area contributed by atoms with Gasteiger partial charge in [0.05, 0.1) is 0 Å². The molecule has 1 aromatic carbocycles. The van der Waals surface area contributed by atoms with E-state index in [1.807, 2.05) is 34.6 Å². The fourth-order valence-electron chi connectivity index (χ4n) is 3.69. The van der Waals surface area contributed by atoms with Crippen LogP contribution in [0.5, 0.6) is 5.75 Å². The molecule has 0 aliphatic heterocycles. The summed E-state index contributed by atoms with van der Waals surface area (Å²) < 4.78 is 5.33. The van der Waals surface area contributed by atoms with Crippen molar-refractivity contribution in [3.05, 3.63) is 29.8 Å². The van der Waals surface area contributed by atoms with Gasteiger partial charge >= 0.3 is 6.09 Å². The Morgan fingerprint density at radius 2 is 1.74 bits per heavy atom. The Labute approximate surface area is 215 Å². The predicted octanol–water partition coefficient (Wildman–Crippen LogP) is 4.58. The third-order valence-electron chi connectivity index (χ3n) is 5.73. The molecule has 3 N–H and O–H groups in total. The van der Waals surface area contributed by atoms with Crippen LogP contribution in [0.3, 0.4) is 0 Å². The van der Waals surface area contributed by atoms with Crippen LogP contribution in [0, 0.1) is 0 Å². The first kappa shape index (κ1) is 30.6. The van der Waals surface area contributed by atoms with Crippen LogP contribution in [-0.2, 0) is 14.3 Å². The summed E-state index contributed by atoms with van der Waals surface area (Å²) >= 11 is 4.31. The number of amides is 3. The third-order valence-corrected chi connectivity index (χ3v) is 6.09. The molecule has 0 saturated heterocycles. The van der Waals surface area contributed by atoms with E-state index >= 15 is 0 Å². The number of ether oxygens (including phenoxy) is 1. The van der Waals surface area contributed by atoms with Crippen molar-refractivity contribution in [2.45, 2.75) is 104 Å². The Morgan fingerprint density at radius 1 is 1.11 bits per heavy atom. The number of aromatic hydroxyl groups is 1. The van der Waals surface area contributed by atoms with Gasteiger partial charge in [0.2, 0.25) is 11.8 Å². The van der Waals surface area contributed by atoms with E-state index in [9.17, 15) is 19.5 Å². The number of thiol groups is 1. The lowest BCUT2D eigenvalue weighted by molar-refractivity contribution is -0.149. The van der Waals surface area contributed by atoms with Crippen LogP contribution < -0.4 is 10.6 Å². The van der Waals surface area contributed by atoms with Crippen molar-refractivity contribution in [1.82, 2.24) is 15.5 Å². The molecule has 1 rings (SSSR count). The first-order chi connectivity index (χ1) is 16.2. The Balaban J connectivity index is 3.54. The molecule has 0 aromatic heterocycles. The molecule has 0 bridgehead atoms. The number of hydrogen-bond acceptors (Lipinski definition) is 6. The highest BCUT2D eigenvalue weighted by atomic mass is 32.1. The van der Waals surface area contributed by atoms with E-state index in [4.69, 9.17) is 4.74 Å². The zero-order valence-corrected chi connectivity index (χ0v) is 23.2. The van der Waals surface area contributed by atoms with Gasteiger partial charge in [-0.2, -0.15) is 12.6 Å². The Kier molecular flexibility index (Phi) is 11.4. The highest BCUT2D eigenvalue weighted by Crippen LogP contribution is 2.33. The summed E-state index contributed by atoms with van der Waals surface area (Å²) in [5, 5.41) is 15.8. The summed E-state index contributed by atoms with van der Waals surface area (Å²) in [5.74, 6) is -0.832. The van der Waals surface area contributed by atoms with E-state index in [1.165, 1.54) is 17.0 Å². The summed E-state index contributed by atoms with van der Waals surface area (Å²) in [6.45, 7) is 14.8. The van der Waals surface area contributed by atoms with Crippen molar-refractivity contribution in [2.24, 2.45) is 0 Å². The first-order valence-electron chi connectivity index (χ1n) is 12.2. The predicted molar refractivity (Wildman–Crippen MR) is 142 cm³/mol. The Hall–Kier alpha value is -2.42. The minimum absolute atomic E-state index is 0.00892. The van der Waals surface area contributed by atoms with Crippen LogP contribution in [0.1, 0.15) is 86.3 Å². The van der Waals surface area contributed by atoms with Gasteiger partial charge < -0.3 is 25.4 Å². The van der Waals surface area contributed by atoms with Crippen LogP contribution in [0.25, 0.3) is 0 Å². The number of rotatable bonds is 11. The quantitative estimate of drug-likeness (QED) is 0.327. The van der Waals surface area contributed by atoms with Crippen LogP contribution in [0.4, 0.5) is 4.79 Å². The van der Waals surface area contributed by atoms with Crippen LogP contribution in [0.15, 0.2) is 24.3 Å². The number of benzene rings is 1. The van der Waals surface area contributed by atoms with E-state index in [0.29, 0.717) is 12.0 Å². The lowest BCUT2D eigenvalue weighted by Crippen LogP contribution is -2.60. The van der Waals surface area contributed by atoms with Gasteiger partial charge in [0.25, 0.3) is 0 Å². The second kappa shape index (κ2) is 13.0. The third kappa shape index (κ3) is 9.28. The van der Waals surface area contributed by atoms with Gasteiger partial charge in [-0.25, -0.2) is 4.79 Å². The zero-order chi connectivity index (χ0) is 27.0. The largest absolute Gasteiger partial charge is 0.508 e. The Morgan fingerprint density at radius 3 is 2.23 bits per heavy atom. The zero-order valence-electron chi connectivity index (χ0n) is 22.3. The van der Waals surface area contributed by atoms with Crippen LogP contribution in [-0.4, -0.2) is 56.9 Å². The van der Waals surface area contributed by atoms with Crippen molar-refractivity contribution in [2.75, 3.05) is 5.75 Å². The first-order valence-corrected chi connectivity index (χ1v) is 12.8. The van der Waals surface area contributed by atoms with Crippen molar-refractivity contribution < 1.29 is 24.2 Å². The normalized spacial score (nSPS) is 14.4. The number of carbonyl (C=O) groups excluding carboxylic acids is 3. The summed E-state index contributed by atoms with van der Waals surface area (Å²) in [5.41, 5.74) is -1.04. The molecule has 8 nitrogen and oxygen atoms in total. The maximum Gasteiger partial charge on any atom is 0.408 e. The molecule has 9 heteroatoms. The molecule has 0 radical (unpaired) electrons. The molecule has 3 unspecified atom stereocenters. The van der Waals surface area contributed by atoms with Gasteiger partial charge in [0.1, 0.15) is 23.4 Å². The van der Waals surface area contributed by atoms with Gasteiger partial charge in [-0.1, -0.05) is 32.4 Å². The highest BCUT2D eigenvalue weighted by Gasteiger charge is 2.43. The number of carbonyl (C=O) groups is 3. The van der Waals surface area contributed by atoms with Crippen molar-refractivity contribution in [3.63, 3.8) is 0 Å². The summed E-state index contributed by atoms with van der Waals surface area (Å²) in [7, 11) is 0. The molecular formula is C26H43N3O5S. The molecule has 0 fully saturated rings. The van der Waals surface area contributed by atoms with Crippen LogP contribution in [0.2, 0.25) is 0 Å². The van der Waals surface area contributed by atoms with Gasteiger partial charge in [-0.05, 0) is 72.1 Å². The minimum atomic E-state index is -1.04. The number of phenols is 1. The van der Waals surface area contributed by atoms with Crippen molar-refractivity contribution in [1.29, 1.82) is 0 Å². The average molecular weight is 510 g/mol. The Bertz CT molecular complexity index is 869. The molecule has 1 aromatic rings. The van der Waals surface area contributed by atoms with E-state index in [2.05, 4.69) is 23.3 Å². The summed E-state index contributed by atoms with van der Waals surface area (Å²) in [6, 6.07) is 4.17. The van der Waals surface area contributed by atoms with Gasteiger partial charge in [-0.3, -0.25) is 9.59 Å². The van der Waals surface area contributed by atoms with E-state index in [-0.39, 0.29) is 23.5 Å². The van der Waals surface area contributed by atoms with Crippen molar-refractivity contribution in [3.8, 4) is 5.75 Å². The summed E-state index contributed by atoms with van der Waals surface area (Å²) in [4.78, 5) is 41.6. The molecule has 3 atom stereocenters. The van der Waals surface area contributed by atoms with Gasteiger partial charge in [0.15, 0.2) is 0 Å². The van der Waals surface area contributed by atoms with E-state index < -0.39 is 35.2 Å². The number of nitrogens with zero attached hydrogens (tertiary/aromatic N) is 1. The molecule has 198 valence electrons. The van der Waals surface area contributed by atoms with Crippen LogP contribution >= 0.6 is 12.6 Å². The van der Waals surface area contributed by atoms with E-state index in [0.717, 1.165) is 12.8 Å². The molecule has 0 aliphatic carbocycles. The maximum absolute atomic E-state index is 14.0. The van der Waals surface area contributed by atoms with E-state index in [1.54, 1.807) is 32.9 Å². The lowest BCUT2D eigenvalue weighted by Gasteiger charge is -2.44. The topological polar surface area (TPSA) is 108 Å². The average Bonchev–Trinajstić information content (AvgIpc) is 2.73. The molecule has 0 saturated carbocycles. The number of hydrogen-bond donors (Lipinski definition) is 4. The molecule has 0 spiro atoms. The molecule has 0 heterocycles. The molecule has 3 amide bonds. The second-order valence-corrected chi connectivity index (χ2v) is 10.8. The fraction of sp³-hybridized carbons (Fsp3) is 0.654. The highest BCUT2D eigenvalue weighted by molar-refractivity contribution is 7.80.